The SMILES string of the molecule is OCCCCn1cccc1CO. The Morgan fingerprint density at radius 1 is 1.25 bits per heavy atom. The minimum absolute atomic E-state index is 0.0894. The molecule has 0 aliphatic rings. The monoisotopic (exact) mass is 169 g/mol. The summed E-state index contributed by atoms with van der Waals surface area (Å²) >= 11 is 0. The van der Waals surface area contributed by atoms with Gasteiger partial charge in [-0.2, -0.15) is 0 Å². The molecule has 3 heteroatoms. The van der Waals surface area contributed by atoms with Gasteiger partial charge in [0.25, 0.3) is 0 Å². The van der Waals surface area contributed by atoms with Crippen LogP contribution in [-0.4, -0.2) is 21.4 Å². The molecule has 12 heavy (non-hydrogen) atoms. The molecule has 1 rings (SSSR count). The zero-order valence-electron chi connectivity index (χ0n) is 7.11. The molecule has 0 spiro atoms. The molecule has 2 N–H and O–H groups in total. The van der Waals surface area contributed by atoms with Crippen molar-refractivity contribution in [1.29, 1.82) is 0 Å². The Bertz CT molecular complexity index is 220. The third kappa shape index (κ3) is 2.36. The summed E-state index contributed by atoms with van der Waals surface area (Å²) in [6.07, 6.45) is 3.73. The molecule has 1 heterocycles. The molecule has 1 aromatic rings. The highest BCUT2D eigenvalue weighted by atomic mass is 16.3. The zero-order chi connectivity index (χ0) is 8.81. The van der Waals surface area contributed by atoms with Crippen molar-refractivity contribution in [1.82, 2.24) is 4.57 Å². The molecule has 0 aliphatic heterocycles. The third-order valence-corrected chi connectivity index (χ3v) is 1.89. The van der Waals surface area contributed by atoms with Gasteiger partial charge >= 0.3 is 0 Å². The van der Waals surface area contributed by atoms with Crippen LogP contribution in [0.4, 0.5) is 0 Å². The van der Waals surface area contributed by atoms with Crippen molar-refractivity contribution in [2.24, 2.45) is 0 Å². The van der Waals surface area contributed by atoms with Crippen molar-refractivity contribution >= 4 is 0 Å². The largest absolute Gasteiger partial charge is 0.396 e. The summed E-state index contributed by atoms with van der Waals surface area (Å²) < 4.78 is 2.01. The molecule has 68 valence electrons. The second-order valence-electron chi connectivity index (χ2n) is 2.78. The van der Waals surface area contributed by atoms with Gasteiger partial charge in [0.1, 0.15) is 0 Å². The van der Waals surface area contributed by atoms with Crippen LogP contribution in [0.5, 0.6) is 0 Å². The number of aryl methyl sites for hydroxylation is 1. The average Bonchev–Trinajstić information content (AvgIpc) is 2.52. The molecular weight excluding hydrogens is 154 g/mol. The molecule has 0 aliphatic carbocycles. The predicted molar refractivity (Wildman–Crippen MR) is 46.7 cm³/mol. The highest BCUT2D eigenvalue weighted by Gasteiger charge is 1.97. The number of aromatic nitrogens is 1. The highest BCUT2D eigenvalue weighted by Crippen LogP contribution is 2.03. The number of aliphatic hydroxyl groups excluding tert-OH is 2. The molecule has 0 aromatic carbocycles. The second kappa shape index (κ2) is 4.95. The van der Waals surface area contributed by atoms with Crippen LogP contribution in [0.25, 0.3) is 0 Å². The molecule has 0 saturated carbocycles. The van der Waals surface area contributed by atoms with Crippen molar-refractivity contribution in [3.05, 3.63) is 24.0 Å². The van der Waals surface area contributed by atoms with E-state index in [1.807, 2.05) is 22.9 Å². The van der Waals surface area contributed by atoms with Crippen molar-refractivity contribution in [2.45, 2.75) is 26.0 Å². The smallest absolute Gasteiger partial charge is 0.0832 e. The first-order valence-electron chi connectivity index (χ1n) is 4.24. The van der Waals surface area contributed by atoms with Crippen LogP contribution >= 0.6 is 0 Å². The maximum Gasteiger partial charge on any atom is 0.0832 e. The molecule has 0 amide bonds. The molecule has 0 bridgehead atoms. The fourth-order valence-electron chi connectivity index (χ4n) is 1.21. The van der Waals surface area contributed by atoms with Crippen LogP contribution < -0.4 is 0 Å². The van der Waals surface area contributed by atoms with Crippen LogP contribution in [0.1, 0.15) is 18.5 Å². The lowest BCUT2D eigenvalue weighted by atomic mass is 10.3. The fraction of sp³-hybridized carbons (Fsp3) is 0.556. The van der Waals surface area contributed by atoms with E-state index in [9.17, 15) is 0 Å². The van der Waals surface area contributed by atoms with E-state index >= 15 is 0 Å². The molecule has 1 aromatic heterocycles. The Labute approximate surface area is 72.3 Å². The third-order valence-electron chi connectivity index (χ3n) is 1.89. The Hall–Kier alpha value is -0.800. The number of rotatable bonds is 5. The van der Waals surface area contributed by atoms with E-state index in [1.165, 1.54) is 0 Å². The summed E-state index contributed by atoms with van der Waals surface area (Å²) in [6, 6.07) is 3.82. The fourth-order valence-corrected chi connectivity index (χ4v) is 1.21. The summed E-state index contributed by atoms with van der Waals surface area (Å²) in [5.41, 5.74) is 0.938. The van der Waals surface area contributed by atoms with Crippen LogP contribution in [0, 0.1) is 0 Å². The van der Waals surface area contributed by atoms with Gasteiger partial charge in [-0.25, -0.2) is 0 Å². The molecule has 0 fully saturated rings. The summed E-state index contributed by atoms with van der Waals surface area (Å²) in [7, 11) is 0. The van der Waals surface area contributed by atoms with E-state index in [0.717, 1.165) is 25.1 Å². The van der Waals surface area contributed by atoms with Crippen LogP contribution in [-0.2, 0) is 13.2 Å². The first kappa shape index (κ1) is 9.29. The number of aliphatic hydroxyl groups is 2. The maximum absolute atomic E-state index is 8.89. The molecule has 0 unspecified atom stereocenters. The lowest BCUT2D eigenvalue weighted by Gasteiger charge is -2.05. The Morgan fingerprint density at radius 2 is 2.08 bits per heavy atom. The molecule has 0 radical (unpaired) electrons. The Balaban J connectivity index is 2.39. The van der Waals surface area contributed by atoms with E-state index in [1.54, 1.807) is 0 Å². The average molecular weight is 169 g/mol. The standard InChI is InChI=1S/C9H15NO2/c11-7-2-1-5-10-6-3-4-9(10)8-12/h3-4,6,11-12H,1-2,5,7-8H2. The van der Waals surface area contributed by atoms with Gasteiger partial charge in [0.2, 0.25) is 0 Å². The van der Waals surface area contributed by atoms with E-state index in [2.05, 4.69) is 0 Å². The van der Waals surface area contributed by atoms with E-state index in [4.69, 9.17) is 10.2 Å². The number of unbranched alkanes of at least 4 members (excludes halogenated alkanes) is 1. The number of hydrogen-bond acceptors (Lipinski definition) is 2. The number of nitrogens with zero attached hydrogens (tertiary/aromatic N) is 1. The first-order chi connectivity index (χ1) is 5.88. The van der Waals surface area contributed by atoms with Gasteiger partial charge in [0, 0.05) is 25.0 Å². The minimum Gasteiger partial charge on any atom is -0.396 e. The van der Waals surface area contributed by atoms with Crippen molar-refractivity contribution in [2.75, 3.05) is 6.61 Å². The van der Waals surface area contributed by atoms with Crippen LogP contribution in [0.2, 0.25) is 0 Å². The lowest BCUT2D eigenvalue weighted by molar-refractivity contribution is 0.265. The zero-order valence-corrected chi connectivity index (χ0v) is 7.11. The lowest BCUT2D eigenvalue weighted by Crippen LogP contribution is -2.02. The maximum atomic E-state index is 8.89. The predicted octanol–water partition coefficient (Wildman–Crippen LogP) is 0.753. The molecular formula is C9H15NO2. The topological polar surface area (TPSA) is 45.4 Å². The normalized spacial score (nSPS) is 10.5. The Kier molecular flexibility index (Phi) is 3.84. The van der Waals surface area contributed by atoms with Crippen LogP contribution in [0.3, 0.4) is 0 Å². The Morgan fingerprint density at radius 3 is 2.75 bits per heavy atom. The summed E-state index contributed by atoms with van der Waals surface area (Å²) in [5, 5.41) is 17.5. The number of hydrogen-bond donors (Lipinski definition) is 2. The van der Waals surface area contributed by atoms with Gasteiger partial charge in [0.05, 0.1) is 6.61 Å². The van der Waals surface area contributed by atoms with Gasteiger partial charge in [-0.05, 0) is 25.0 Å². The molecule has 3 nitrogen and oxygen atoms in total. The van der Waals surface area contributed by atoms with E-state index in [-0.39, 0.29) is 13.2 Å². The molecule has 0 saturated heterocycles. The summed E-state index contributed by atoms with van der Waals surface area (Å²) in [5.74, 6) is 0. The van der Waals surface area contributed by atoms with Gasteiger partial charge in [0.15, 0.2) is 0 Å². The van der Waals surface area contributed by atoms with Crippen molar-refractivity contribution in [3.8, 4) is 0 Å². The van der Waals surface area contributed by atoms with Crippen LogP contribution in [0.15, 0.2) is 18.3 Å². The van der Waals surface area contributed by atoms with Crippen molar-refractivity contribution < 1.29 is 10.2 Å². The summed E-state index contributed by atoms with van der Waals surface area (Å²) in [4.78, 5) is 0. The highest BCUT2D eigenvalue weighted by molar-refractivity contribution is 5.05. The van der Waals surface area contributed by atoms with Gasteiger partial charge in [-0.15, -0.1) is 0 Å². The van der Waals surface area contributed by atoms with E-state index < -0.39 is 0 Å². The van der Waals surface area contributed by atoms with Gasteiger partial charge in [-0.3, -0.25) is 0 Å². The van der Waals surface area contributed by atoms with E-state index in [0.29, 0.717) is 0 Å². The molecule has 0 atom stereocenters. The quantitative estimate of drug-likeness (QED) is 0.639. The second-order valence-corrected chi connectivity index (χ2v) is 2.78. The first-order valence-corrected chi connectivity index (χ1v) is 4.24. The minimum atomic E-state index is 0.0894. The van der Waals surface area contributed by atoms with Gasteiger partial charge < -0.3 is 14.8 Å². The van der Waals surface area contributed by atoms with Crippen molar-refractivity contribution in [3.63, 3.8) is 0 Å². The van der Waals surface area contributed by atoms with Gasteiger partial charge in [-0.1, -0.05) is 0 Å². The summed E-state index contributed by atoms with van der Waals surface area (Å²) in [6.45, 7) is 1.21.